The van der Waals surface area contributed by atoms with Crippen LogP contribution in [0.15, 0.2) is 12.1 Å². The number of amides is 1. The van der Waals surface area contributed by atoms with Gasteiger partial charge in [0.2, 0.25) is 12.7 Å². The number of anilines is 1. The van der Waals surface area contributed by atoms with Crippen molar-refractivity contribution in [1.82, 2.24) is 0 Å². The summed E-state index contributed by atoms with van der Waals surface area (Å²) in [4.78, 5) is 11.7. The summed E-state index contributed by atoms with van der Waals surface area (Å²) in [5.41, 5.74) is 0.543. The molecule has 0 radical (unpaired) electrons. The Bertz CT molecular complexity index is 453. The molecule has 0 unspecified atom stereocenters. The molecular formula is C11H12ClNO3S. The van der Waals surface area contributed by atoms with Crippen LogP contribution in [0.3, 0.4) is 0 Å². The second kappa shape index (κ2) is 5.06. The highest BCUT2D eigenvalue weighted by atomic mass is 35.5. The number of ether oxygens (including phenoxy) is 2. The van der Waals surface area contributed by atoms with Crippen LogP contribution in [0.25, 0.3) is 0 Å². The number of hydrogen-bond donors (Lipinski definition) is 1. The van der Waals surface area contributed by atoms with Crippen LogP contribution in [0.1, 0.15) is 6.92 Å². The number of carbonyl (C=O) groups excluding carboxylic acids is 1. The first-order valence-corrected chi connectivity index (χ1v) is 6.71. The van der Waals surface area contributed by atoms with Crippen molar-refractivity contribution in [2.75, 3.05) is 18.4 Å². The number of thioether (sulfide) groups is 1. The zero-order chi connectivity index (χ0) is 12.4. The van der Waals surface area contributed by atoms with E-state index >= 15 is 0 Å². The normalized spacial score (nSPS) is 14.5. The number of hydrogen-bond acceptors (Lipinski definition) is 4. The van der Waals surface area contributed by atoms with Gasteiger partial charge in [0.25, 0.3) is 0 Å². The molecule has 92 valence electrons. The lowest BCUT2D eigenvalue weighted by Gasteiger charge is -2.11. The lowest BCUT2D eigenvalue weighted by molar-refractivity contribution is -0.115. The summed E-state index contributed by atoms with van der Waals surface area (Å²) in [6.07, 6.45) is 1.88. The second-order valence-corrected chi connectivity index (χ2v) is 5.14. The SMILES string of the molecule is CS[C@H](C)C(=O)Nc1cc2c(cc1Cl)OCO2. The Labute approximate surface area is 109 Å². The molecule has 1 aliphatic heterocycles. The quantitative estimate of drug-likeness (QED) is 0.920. The molecule has 1 aromatic carbocycles. The van der Waals surface area contributed by atoms with Crippen LogP contribution in [0, 0.1) is 0 Å². The van der Waals surface area contributed by atoms with Crippen molar-refractivity contribution in [2.24, 2.45) is 0 Å². The third kappa shape index (κ3) is 2.61. The largest absolute Gasteiger partial charge is 0.454 e. The van der Waals surface area contributed by atoms with Gasteiger partial charge >= 0.3 is 0 Å². The van der Waals surface area contributed by atoms with Gasteiger partial charge in [-0.25, -0.2) is 0 Å². The molecule has 1 aromatic rings. The molecule has 1 heterocycles. The van der Waals surface area contributed by atoms with Crippen molar-refractivity contribution in [3.63, 3.8) is 0 Å². The number of halogens is 1. The Morgan fingerprint density at radius 3 is 2.76 bits per heavy atom. The predicted molar refractivity (Wildman–Crippen MR) is 69.2 cm³/mol. The third-order valence-corrected chi connectivity index (χ3v) is 3.68. The van der Waals surface area contributed by atoms with Crippen LogP contribution in [-0.2, 0) is 4.79 Å². The number of fused-ring (bicyclic) bond motifs is 1. The molecule has 1 atom stereocenters. The molecule has 0 aliphatic carbocycles. The molecule has 4 nitrogen and oxygen atoms in total. The fourth-order valence-electron chi connectivity index (χ4n) is 1.35. The number of rotatable bonds is 3. The Morgan fingerprint density at radius 1 is 1.47 bits per heavy atom. The highest BCUT2D eigenvalue weighted by Crippen LogP contribution is 2.39. The minimum Gasteiger partial charge on any atom is -0.454 e. The summed E-state index contributed by atoms with van der Waals surface area (Å²) in [6.45, 7) is 2.02. The molecule has 0 fully saturated rings. The van der Waals surface area contributed by atoms with Crippen molar-refractivity contribution in [1.29, 1.82) is 0 Å². The maximum atomic E-state index is 11.7. The van der Waals surface area contributed by atoms with Gasteiger partial charge in [-0.2, -0.15) is 11.8 Å². The molecule has 0 bridgehead atoms. The van der Waals surface area contributed by atoms with Crippen molar-refractivity contribution in [3.8, 4) is 11.5 Å². The molecular weight excluding hydrogens is 262 g/mol. The van der Waals surface area contributed by atoms with Crippen LogP contribution in [0.5, 0.6) is 11.5 Å². The lowest BCUT2D eigenvalue weighted by atomic mass is 10.2. The Balaban J connectivity index is 2.19. The Kier molecular flexibility index (Phi) is 3.69. The smallest absolute Gasteiger partial charge is 0.237 e. The first kappa shape index (κ1) is 12.4. The number of benzene rings is 1. The summed E-state index contributed by atoms with van der Waals surface area (Å²) in [5.74, 6) is 1.12. The molecule has 6 heteroatoms. The molecule has 2 rings (SSSR count). The molecule has 0 saturated heterocycles. The monoisotopic (exact) mass is 273 g/mol. The van der Waals surface area contributed by atoms with E-state index in [2.05, 4.69) is 5.32 Å². The minimum atomic E-state index is -0.128. The highest BCUT2D eigenvalue weighted by molar-refractivity contribution is 7.99. The fraction of sp³-hybridized carbons (Fsp3) is 0.364. The average molecular weight is 274 g/mol. The molecule has 1 aliphatic rings. The minimum absolute atomic E-state index is 0.0849. The molecule has 1 amide bonds. The maximum Gasteiger partial charge on any atom is 0.237 e. The number of carbonyl (C=O) groups is 1. The predicted octanol–water partition coefficient (Wildman–Crippen LogP) is 2.76. The summed E-state index contributed by atoms with van der Waals surface area (Å²) < 4.78 is 10.4. The molecule has 0 aromatic heterocycles. The van der Waals surface area contributed by atoms with E-state index in [0.29, 0.717) is 22.2 Å². The third-order valence-electron chi connectivity index (χ3n) is 2.44. The van der Waals surface area contributed by atoms with E-state index in [4.69, 9.17) is 21.1 Å². The maximum absolute atomic E-state index is 11.7. The van der Waals surface area contributed by atoms with Gasteiger partial charge in [0.05, 0.1) is 16.0 Å². The van der Waals surface area contributed by atoms with Crippen LogP contribution in [0.2, 0.25) is 5.02 Å². The zero-order valence-corrected chi connectivity index (χ0v) is 11.0. The first-order chi connectivity index (χ1) is 8.11. The summed E-state index contributed by atoms with van der Waals surface area (Å²) in [6, 6.07) is 3.32. The van der Waals surface area contributed by atoms with Crippen molar-refractivity contribution in [2.45, 2.75) is 12.2 Å². The lowest BCUT2D eigenvalue weighted by Crippen LogP contribution is -2.22. The zero-order valence-electron chi connectivity index (χ0n) is 9.45. The van der Waals surface area contributed by atoms with Crippen LogP contribution >= 0.6 is 23.4 Å². The van der Waals surface area contributed by atoms with E-state index in [9.17, 15) is 4.79 Å². The molecule has 1 N–H and O–H groups in total. The van der Waals surface area contributed by atoms with E-state index in [1.165, 1.54) is 11.8 Å². The van der Waals surface area contributed by atoms with Gasteiger partial charge in [0.1, 0.15) is 0 Å². The number of nitrogens with one attached hydrogen (secondary N) is 1. The van der Waals surface area contributed by atoms with Gasteiger partial charge in [-0.3, -0.25) is 4.79 Å². The Morgan fingerprint density at radius 2 is 2.12 bits per heavy atom. The van der Waals surface area contributed by atoms with E-state index in [0.717, 1.165) is 0 Å². The average Bonchev–Trinajstić information content (AvgIpc) is 2.75. The molecule has 0 spiro atoms. The summed E-state index contributed by atoms with van der Waals surface area (Å²) in [7, 11) is 0. The van der Waals surface area contributed by atoms with Gasteiger partial charge in [-0.05, 0) is 13.2 Å². The highest BCUT2D eigenvalue weighted by Gasteiger charge is 2.19. The van der Waals surface area contributed by atoms with Crippen molar-refractivity contribution >= 4 is 35.0 Å². The van der Waals surface area contributed by atoms with Gasteiger partial charge in [-0.15, -0.1) is 0 Å². The van der Waals surface area contributed by atoms with Gasteiger partial charge in [-0.1, -0.05) is 11.6 Å². The fourth-order valence-corrected chi connectivity index (χ4v) is 1.83. The van der Waals surface area contributed by atoms with Gasteiger partial charge in [0, 0.05) is 12.1 Å². The van der Waals surface area contributed by atoms with E-state index in [1.54, 1.807) is 12.1 Å². The van der Waals surface area contributed by atoms with E-state index in [-0.39, 0.29) is 18.0 Å². The van der Waals surface area contributed by atoms with Crippen LogP contribution in [-0.4, -0.2) is 24.2 Å². The van der Waals surface area contributed by atoms with Crippen molar-refractivity contribution < 1.29 is 14.3 Å². The molecule has 0 saturated carbocycles. The first-order valence-electron chi connectivity index (χ1n) is 5.04. The van der Waals surface area contributed by atoms with Crippen molar-refractivity contribution in [3.05, 3.63) is 17.2 Å². The van der Waals surface area contributed by atoms with Gasteiger partial charge < -0.3 is 14.8 Å². The summed E-state index contributed by atoms with van der Waals surface area (Å²) in [5, 5.41) is 3.08. The molecule has 17 heavy (non-hydrogen) atoms. The second-order valence-electron chi connectivity index (χ2n) is 3.55. The van der Waals surface area contributed by atoms with Gasteiger partial charge in [0.15, 0.2) is 11.5 Å². The van der Waals surface area contributed by atoms with E-state index < -0.39 is 0 Å². The summed E-state index contributed by atoms with van der Waals surface area (Å²) >= 11 is 7.52. The Hall–Kier alpha value is -1.07. The van der Waals surface area contributed by atoms with Crippen LogP contribution in [0.4, 0.5) is 5.69 Å². The standard InChI is InChI=1S/C11H12ClNO3S/c1-6(17-2)11(14)13-8-4-10-9(3-7(8)12)15-5-16-10/h3-4,6H,5H2,1-2H3,(H,13,14)/t6-/m1/s1. The van der Waals surface area contributed by atoms with E-state index in [1.807, 2.05) is 13.2 Å². The van der Waals surface area contributed by atoms with Crippen LogP contribution < -0.4 is 14.8 Å². The topological polar surface area (TPSA) is 47.6 Å².